The fraction of sp³-hybridized carbons (Fsp3) is 0.0500. The van der Waals surface area contributed by atoms with Crippen LogP contribution < -0.4 is 10.1 Å². The van der Waals surface area contributed by atoms with Crippen molar-refractivity contribution >= 4 is 45.4 Å². The Balaban J connectivity index is 1.54. The lowest BCUT2D eigenvalue weighted by Crippen LogP contribution is -1.90. The smallest absolute Gasteiger partial charge is 0.187 e. The van der Waals surface area contributed by atoms with Crippen molar-refractivity contribution in [3.63, 3.8) is 0 Å². The summed E-state index contributed by atoms with van der Waals surface area (Å²) in [4.78, 5) is 4.59. The third-order valence-corrected chi connectivity index (χ3v) is 5.21. The number of nitrogens with zero attached hydrogens (tertiary/aromatic N) is 1. The van der Waals surface area contributed by atoms with Gasteiger partial charge in [0.1, 0.15) is 17.2 Å². The Bertz CT molecular complexity index is 1070. The second-order valence-electron chi connectivity index (χ2n) is 5.68. The zero-order chi connectivity index (χ0) is 18.8. The van der Waals surface area contributed by atoms with E-state index in [4.69, 9.17) is 32.4 Å². The Morgan fingerprint density at radius 3 is 2.52 bits per heavy atom. The van der Waals surface area contributed by atoms with E-state index in [2.05, 4.69) is 10.3 Å². The van der Waals surface area contributed by atoms with Gasteiger partial charge in [-0.2, -0.15) is 0 Å². The molecule has 0 saturated heterocycles. The minimum atomic E-state index is 0.545. The standard InChI is InChI=1S/C20H14Cl2N2O2S/c1-25-14-5-3-13(4-6-14)23-20-24-17(11-27-20)19-9-8-18(26-19)15-7-2-12(21)10-16(15)22/h2-11H,1H3,(H,23,24). The predicted octanol–water partition coefficient (Wildman–Crippen LogP) is 7.13. The van der Waals surface area contributed by atoms with Crippen LogP contribution in [0, 0.1) is 0 Å². The van der Waals surface area contributed by atoms with E-state index in [1.54, 1.807) is 19.2 Å². The highest BCUT2D eigenvalue weighted by Crippen LogP contribution is 2.35. The van der Waals surface area contributed by atoms with E-state index in [0.29, 0.717) is 21.6 Å². The zero-order valence-electron chi connectivity index (χ0n) is 14.2. The Hall–Kier alpha value is -2.47. The molecule has 0 fully saturated rings. The van der Waals surface area contributed by atoms with Crippen LogP contribution >= 0.6 is 34.5 Å². The Kier molecular flexibility index (Phi) is 5.07. The number of benzene rings is 2. The molecule has 0 saturated carbocycles. The monoisotopic (exact) mass is 416 g/mol. The first-order chi connectivity index (χ1) is 13.1. The second kappa shape index (κ2) is 7.64. The van der Waals surface area contributed by atoms with Crippen molar-refractivity contribution in [2.45, 2.75) is 0 Å². The largest absolute Gasteiger partial charge is 0.497 e. The summed E-state index contributed by atoms with van der Waals surface area (Å²) in [6.07, 6.45) is 0. The minimum absolute atomic E-state index is 0.545. The van der Waals surface area contributed by atoms with Gasteiger partial charge in [-0.1, -0.05) is 23.2 Å². The first-order valence-corrected chi connectivity index (χ1v) is 9.68. The molecule has 2 aromatic heterocycles. The Morgan fingerprint density at radius 2 is 1.78 bits per heavy atom. The molecule has 4 rings (SSSR count). The van der Waals surface area contributed by atoms with Crippen molar-refractivity contribution < 1.29 is 9.15 Å². The van der Waals surface area contributed by atoms with Crippen LogP contribution in [0.15, 0.2) is 64.4 Å². The van der Waals surface area contributed by atoms with Crippen LogP contribution in [0.5, 0.6) is 5.75 Å². The van der Waals surface area contributed by atoms with Gasteiger partial charge in [0.15, 0.2) is 10.9 Å². The van der Waals surface area contributed by atoms with Crippen molar-refractivity contribution in [2.24, 2.45) is 0 Å². The summed E-state index contributed by atoms with van der Waals surface area (Å²) in [6, 6.07) is 16.7. The van der Waals surface area contributed by atoms with Crippen LogP contribution in [-0.4, -0.2) is 12.1 Å². The number of methoxy groups -OCH3 is 1. The number of hydrogen-bond acceptors (Lipinski definition) is 5. The summed E-state index contributed by atoms with van der Waals surface area (Å²) in [5.74, 6) is 2.16. The number of aromatic nitrogens is 1. The highest BCUT2D eigenvalue weighted by Gasteiger charge is 2.13. The van der Waals surface area contributed by atoms with Gasteiger partial charge in [0.05, 0.1) is 12.1 Å². The van der Waals surface area contributed by atoms with E-state index in [-0.39, 0.29) is 0 Å². The number of furan rings is 1. The second-order valence-corrected chi connectivity index (χ2v) is 7.38. The van der Waals surface area contributed by atoms with E-state index < -0.39 is 0 Å². The van der Waals surface area contributed by atoms with Gasteiger partial charge >= 0.3 is 0 Å². The molecule has 7 heteroatoms. The Morgan fingerprint density at radius 1 is 1.00 bits per heavy atom. The number of thiazole rings is 1. The third-order valence-electron chi connectivity index (χ3n) is 3.90. The maximum Gasteiger partial charge on any atom is 0.187 e. The van der Waals surface area contributed by atoms with E-state index in [0.717, 1.165) is 27.8 Å². The molecule has 2 heterocycles. The van der Waals surface area contributed by atoms with Crippen LogP contribution in [0.4, 0.5) is 10.8 Å². The molecule has 2 aromatic carbocycles. The molecule has 0 atom stereocenters. The quantitative estimate of drug-likeness (QED) is 0.375. The average molecular weight is 417 g/mol. The van der Waals surface area contributed by atoms with Gasteiger partial charge in [0.25, 0.3) is 0 Å². The number of rotatable bonds is 5. The molecule has 0 radical (unpaired) electrons. The number of nitrogens with one attached hydrogen (secondary N) is 1. The molecule has 0 bridgehead atoms. The number of anilines is 2. The number of ether oxygens (including phenoxy) is 1. The number of hydrogen-bond donors (Lipinski definition) is 1. The Labute approximate surface area is 170 Å². The number of halogens is 2. The van der Waals surface area contributed by atoms with Crippen molar-refractivity contribution in [2.75, 3.05) is 12.4 Å². The lowest BCUT2D eigenvalue weighted by atomic mass is 10.2. The van der Waals surface area contributed by atoms with Gasteiger partial charge < -0.3 is 14.5 Å². The molecular weight excluding hydrogens is 403 g/mol. The molecule has 0 spiro atoms. The van der Waals surface area contributed by atoms with Crippen molar-refractivity contribution in [3.8, 4) is 28.5 Å². The van der Waals surface area contributed by atoms with Gasteiger partial charge in [0.2, 0.25) is 0 Å². The molecule has 0 aliphatic carbocycles. The first kappa shape index (κ1) is 17.9. The van der Waals surface area contributed by atoms with Gasteiger partial charge in [-0.3, -0.25) is 0 Å². The van der Waals surface area contributed by atoms with Crippen LogP contribution in [0.3, 0.4) is 0 Å². The van der Waals surface area contributed by atoms with E-state index in [9.17, 15) is 0 Å². The molecule has 0 aliphatic heterocycles. The molecule has 0 aliphatic rings. The summed E-state index contributed by atoms with van der Waals surface area (Å²) < 4.78 is 11.1. The minimum Gasteiger partial charge on any atom is -0.497 e. The van der Waals surface area contributed by atoms with Crippen molar-refractivity contribution in [3.05, 3.63) is 70.0 Å². The summed E-state index contributed by atoms with van der Waals surface area (Å²) in [7, 11) is 1.64. The summed E-state index contributed by atoms with van der Waals surface area (Å²) in [5.41, 5.74) is 2.48. The van der Waals surface area contributed by atoms with Gasteiger partial charge in [-0.25, -0.2) is 4.98 Å². The van der Waals surface area contributed by atoms with Gasteiger partial charge in [-0.05, 0) is 54.6 Å². The molecule has 4 aromatic rings. The lowest BCUT2D eigenvalue weighted by Gasteiger charge is -2.03. The molecule has 27 heavy (non-hydrogen) atoms. The molecule has 4 nitrogen and oxygen atoms in total. The lowest BCUT2D eigenvalue weighted by molar-refractivity contribution is 0.415. The van der Waals surface area contributed by atoms with Crippen LogP contribution in [0.25, 0.3) is 22.8 Å². The zero-order valence-corrected chi connectivity index (χ0v) is 16.5. The van der Waals surface area contributed by atoms with Crippen molar-refractivity contribution in [1.82, 2.24) is 4.98 Å². The maximum absolute atomic E-state index is 6.26. The molecular formula is C20H14Cl2N2O2S. The van der Waals surface area contributed by atoms with Crippen LogP contribution in [0.1, 0.15) is 0 Å². The van der Waals surface area contributed by atoms with Gasteiger partial charge in [-0.15, -0.1) is 11.3 Å². The summed E-state index contributed by atoms with van der Waals surface area (Å²) in [6.45, 7) is 0. The maximum atomic E-state index is 6.26. The SMILES string of the molecule is COc1ccc(Nc2nc(-c3ccc(-c4ccc(Cl)cc4Cl)o3)cs2)cc1. The molecule has 136 valence electrons. The highest BCUT2D eigenvalue weighted by molar-refractivity contribution is 7.14. The van der Waals surface area contributed by atoms with Crippen LogP contribution in [0.2, 0.25) is 10.0 Å². The van der Waals surface area contributed by atoms with Crippen LogP contribution in [-0.2, 0) is 0 Å². The summed E-state index contributed by atoms with van der Waals surface area (Å²) >= 11 is 13.7. The highest BCUT2D eigenvalue weighted by atomic mass is 35.5. The van der Waals surface area contributed by atoms with E-state index in [1.807, 2.05) is 47.8 Å². The normalized spacial score (nSPS) is 10.8. The fourth-order valence-electron chi connectivity index (χ4n) is 2.55. The fourth-order valence-corrected chi connectivity index (χ4v) is 3.77. The molecule has 1 N–H and O–H groups in total. The topological polar surface area (TPSA) is 47.3 Å². The van der Waals surface area contributed by atoms with E-state index >= 15 is 0 Å². The molecule has 0 unspecified atom stereocenters. The third kappa shape index (κ3) is 3.95. The first-order valence-electron chi connectivity index (χ1n) is 8.04. The average Bonchev–Trinajstić information content (AvgIpc) is 3.32. The van der Waals surface area contributed by atoms with E-state index in [1.165, 1.54) is 11.3 Å². The predicted molar refractivity (Wildman–Crippen MR) is 112 cm³/mol. The van der Waals surface area contributed by atoms with Crippen molar-refractivity contribution in [1.29, 1.82) is 0 Å². The van der Waals surface area contributed by atoms with Gasteiger partial charge in [0, 0.05) is 21.7 Å². The summed E-state index contributed by atoms with van der Waals surface area (Å²) in [5, 5.41) is 7.12. The molecule has 0 amide bonds.